The van der Waals surface area contributed by atoms with E-state index in [-0.39, 0.29) is 0 Å². The first-order chi connectivity index (χ1) is 10.8. The van der Waals surface area contributed by atoms with Gasteiger partial charge < -0.3 is 14.8 Å². The molecule has 0 aliphatic heterocycles. The van der Waals surface area contributed by atoms with Crippen LogP contribution in [0.3, 0.4) is 0 Å². The van der Waals surface area contributed by atoms with Gasteiger partial charge in [-0.25, -0.2) is 0 Å². The minimum absolute atomic E-state index is 0.323. The summed E-state index contributed by atoms with van der Waals surface area (Å²) in [6.07, 6.45) is 6.74. The van der Waals surface area contributed by atoms with E-state index < -0.39 is 0 Å². The molecule has 22 heavy (non-hydrogen) atoms. The summed E-state index contributed by atoms with van der Waals surface area (Å²) in [5.41, 5.74) is 2.24. The SMILES string of the molecule is COCCN[C@H]1CC[C@@H](Oc2ccc3[nH]ncc3c2C)CC1. The van der Waals surface area contributed by atoms with Crippen LogP contribution in [-0.4, -0.2) is 42.6 Å². The zero-order chi connectivity index (χ0) is 15.4. The van der Waals surface area contributed by atoms with Gasteiger partial charge in [0.05, 0.1) is 24.4 Å². The van der Waals surface area contributed by atoms with Gasteiger partial charge in [0.15, 0.2) is 0 Å². The maximum Gasteiger partial charge on any atom is 0.123 e. The van der Waals surface area contributed by atoms with Gasteiger partial charge in [-0.05, 0) is 44.7 Å². The molecule has 1 fully saturated rings. The van der Waals surface area contributed by atoms with Gasteiger partial charge >= 0.3 is 0 Å². The average molecular weight is 303 g/mol. The lowest BCUT2D eigenvalue weighted by Crippen LogP contribution is -2.37. The van der Waals surface area contributed by atoms with Gasteiger partial charge in [0.2, 0.25) is 0 Å². The van der Waals surface area contributed by atoms with E-state index in [0.29, 0.717) is 12.1 Å². The second-order valence-corrected chi connectivity index (χ2v) is 6.06. The predicted molar refractivity (Wildman–Crippen MR) is 87.4 cm³/mol. The number of rotatable bonds is 6. The fourth-order valence-corrected chi connectivity index (χ4v) is 3.20. The van der Waals surface area contributed by atoms with Crippen molar-refractivity contribution in [3.8, 4) is 5.75 Å². The molecule has 0 radical (unpaired) electrons. The number of nitrogens with one attached hydrogen (secondary N) is 2. The molecule has 0 unspecified atom stereocenters. The molecule has 0 bridgehead atoms. The predicted octanol–water partition coefficient (Wildman–Crippen LogP) is 2.80. The number of fused-ring (bicyclic) bond motifs is 1. The molecule has 1 aromatic heterocycles. The van der Waals surface area contributed by atoms with Gasteiger partial charge in [-0.15, -0.1) is 0 Å². The van der Waals surface area contributed by atoms with Crippen LogP contribution in [0.25, 0.3) is 10.9 Å². The molecule has 1 aliphatic carbocycles. The van der Waals surface area contributed by atoms with Crippen LogP contribution in [0, 0.1) is 6.92 Å². The maximum atomic E-state index is 6.24. The number of aromatic amines is 1. The average Bonchev–Trinajstić information content (AvgIpc) is 3.01. The maximum absolute atomic E-state index is 6.24. The van der Waals surface area contributed by atoms with Crippen molar-refractivity contribution in [1.82, 2.24) is 15.5 Å². The van der Waals surface area contributed by atoms with Crippen molar-refractivity contribution in [2.75, 3.05) is 20.3 Å². The van der Waals surface area contributed by atoms with E-state index >= 15 is 0 Å². The molecule has 0 saturated heterocycles. The summed E-state index contributed by atoms with van der Waals surface area (Å²) >= 11 is 0. The van der Waals surface area contributed by atoms with Crippen LogP contribution >= 0.6 is 0 Å². The van der Waals surface area contributed by atoms with Crippen molar-refractivity contribution in [2.24, 2.45) is 0 Å². The number of H-pyrrole nitrogens is 1. The van der Waals surface area contributed by atoms with E-state index in [0.717, 1.165) is 42.6 Å². The summed E-state index contributed by atoms with van der Waals surface area (Å²) in [6.45, 7) is 3.81. The van der Waals surface area contributed by atoms with E-state index in [1.165, 1.54) is 18.4 Å². The van der Waals surface area contributed by atoms with Crippen LogP contribution in [0.1, 0.15) is 31.2 Å². The molecule has 2 N–H and O–H groups in total. The van der Waals surface area contributed by atoms with E-state index in [9.17, 15) is 0 Å². The molecule has 0 atom stereocenters. The molecule has 1 heterocycles. The molecule has 1 aromatic carbocycles. The monoisotopic (exact) mass is 303 g/mol. The van der Waals surface area contributed by atoms with Crippen LogP contribution in [0.15, 0.2) is 18.3 Å². The van der Waals surface area contributed by atoms with Crippen LogP contribution in [0.2, 0.25) is 0 Å². The number of aryl methyl sites for hydroxylation is 1. The zero-order valence-corrected chi connectivity index (χ0v) is 13.4. The summed E-state index contributed by atoms with van der Waals surface area (Å²) < 4.78 is 11.3. The fourth-order valence-electron chi connectivity index (χ4n) is 3.20. The van der Waals surface area contributed by atoms with Crippen LogP contribution < -0.4 is 10.1 Å². The van der Waals surface area contributed by atoms with E-state index in [1.807, 2.05) is 12.3 Å². The Morgan fingerprint density at radius 1 is 1.27 bits per heavy atom. The van der Waals surface area contributed by atoms with Crippen LogP contribution in [-0.2, 0) is 4.74 Å². The topological polar surface area (TPSA) is 59.2 Å². The lowest BCUT2D eigenvalue weighted by molar-refractivity contribution is 0.134. The van der Waals surface area contributed by atoms with Gasteiger partial charge in [0.25, 0.3) is 0 Å². The highest BCUT2D eigenvalue weighted by atomic mass is 16.5. The van der Waals surface area contributed by atoms with Crippen molar-refractivity contribution in [3.63, 3.8) is 0 Å². The quantitative estimate of drug-likeness (QED) is 0.806. The van der Waals surface area contributed by atoms with E-state index in [1.54, 1.807) is 7.11 Å². The number of hydrogen-bond acceptors (Lipinski definition) is 4. The molecule has 2 aromatic rings. The molecular formula is C17H25N3O2. The van der Waals surface area contributed by atoms with E-state index in [4.69, 9.17) is 9.47 Å². The highest BCUT2D eigenvalue weighted by Crippen LogP contribution is 2.29. The third kappa shape index (κ3) is 3.42. The molecule has 0 amide bonds. The molecule has 0 spiro atoms. The zero-order valence-electron chi connectivity index (χ0n) is 13.4. The summed E-state index contributed by atoms with van der Waals surface area (Å²) in [5, 5.41) is 11.8. The highest BCUT2D eigenvalue weighted by molar-refractivity contribution is 5.83. The summed E-state index contributed by atoms with van der Waals surface area (Å²) in [4.78, 5) is 0. The Labute approximate surface area is 131 Å². The van der Waals surface area contributed by atoms with Crippen LogP contribution in [0.5, 0.6) is 5.75 Å². The number of methoxy groups -OCH3 is 1. The fraction of sp³-hybridized carbons (Fsp3) is 0.588. The molecule has 5 nitrogen and oxygen atoms in total. The Kier molecular flexibility index (Phi) is 4.95. The van der Waals surface area contributed by atoms with E-state index in [2.05, 4.69) is 28.5 Å². The lowest BCUT2D eigenvalue weighted by Gasteiger charge is -2.30. The van der Waals surface area contributed by atoms with Crippen LogP contribution in [0.4, 0.5) is 0 Å². The second kappa shape index (κ2) is 7.11. The largest absolute Gasteiger partial charge is 0.490 e. The molecule has 5 heteroatoms. The Morgan fingerprint density at radius 2 is 2.09 bits per heavy atom. The number of benzene rings is 1. The summed E-state index contributed by atoms with van der Waals surface area (Å²) in [5.74, 6) is 0.990. The van der Waals surface area contributed by atoms with Gasteiger partial charge in [0.1, 0.15) is 5.75 Å². The summed E-state index contributed by atoms with van der Waals surface area (Å²) in [7, 11) is 1.74. The number of aromatic nitrogens is 2. The van der Waals surface area contributed by atoms with Crippen molar-refractivity contribution < 1.29 is 9.47 Å². The van der Waals surface area contributed by atoms with Gasteiger partial charge in [0, 0.05) is 30.6 Å². The smallest absolute Gasteiger partial charge is 0.123 e. The van der Waals surface area contributed by atoms with Crippen molar-refractivity contribution in [1.29, 1.82) is 0 Å². The third-order valence-electron chi connectivity index (χ3n) is 4.55. The first-order valence-corrected chi connectivity index (χ1v) is 8.09. The number of nitrogens with zero attached hydrogens (tertiary/aromatic N) is 1. The van der Waals surface area contributed by atoms with Crippen molar-refractivity contribution >= 4 is 10.9 Å². The number of ether oxygens (including phenoxy) is 2. The van der Waals surface area contributed by atoms with Crippen molar-refractivity contribution in [2.45, 2.75) is 44.8 Å². The number of hydrogen-bond donors (Lipinski definition) is 2. The molecule has 120 valence electrons. The molecule has 1 aliphatic rings. The van der Waals surface area contributed by atoms with Crippen molar-refractivity contribution in [3.05, 3.63) is 23.9 Å². The minimum atomic E-state index is 0.323. The second-order valence-electron chi connectivity index (χ2n) is 6.06. The third-order valence-corrected chi connectivity index (χ3v) is 4.55. The lowest BCUT2D eigenvalue weighted by atomic mass is 9.93. The molecular weight excluding hydrogens is 278 g/mol. The minimum Gasteiger partial charge on any atom is -0.490 e. The standard InChI is InChI=1S/C17H25N3O2/c1-12-15-11-19-20-16(15)7-8-17(12)22-14-5-3-13(4-6-14)18-9-10-21-2/h7-8,11,13-14,18H,3-6,9-10H2,1-2H3,(H,19,20)/t13-,14+. The van der Waals surface area contributed by atoms with Gasteiger partial charge in [-0.3, -0.25) is 5.10 Å². The summed E-state index contributed by atoms with van der Waals surface area (Å²) in [6, 6.07) is 4.70. The molecule has 3 rings (SSSR count). The highest BCUT2D eigenvalue weighted by Gasteiger charge is 2.22. The van der Waals surface area contributed by atoms with Gasteiger partial charge in [-0.1, -0.05) is 0 Å². The first-order valence-electron chi connectivity index (χ1n) is 8.09. The Hall–Kier alpha value is -1.59. The first kappa shape index (κ1) is 15.3. The Bertz CT molecular complexity index is 603. The Morgan fingerprint density at radius 3 is 2.86 bits per heavy atom. The normalized spacial score (nSPS) is 22.1. The Balaban J connectivity index is 1.54. The molecule has 1 saturated carbocycles. The van der Waals surface area contributed by atoms with Gasteiger partial charge in [-0.2, -0.15) is 5.10 Å².